The quantitative estimate of drug-likeness (QED) is 0.290. The third-order valence-electron chi connectivity index (χ3n) is 5.20. The summed E-state index contributed by atoms with van der Waals surface area (Å²) in [4.78, 5) is 9.45. The van der Waals surface area contributed by atoms with E-state index in [1.54, 1.807) is 0 Å². The van der Waals surface area contributed by atoms with Crippen LogP contribution in [-0.2, 0) is 9.47 Å². The summed E-state index contributed by atoms with van der Waals surface area (Å²) in [6.45, 7) is 9.99. The number of rotatable bonds is 5. The van der Waals surface area contributed by atoms with Crippen molar-refractivity contribution in [3.63, 3.8) is 0 Å². The second-order valence-corrected chi connectivity index (χ2v) is 6.92. The maximum absolute atomic E-state index is 5.44. The van der Waals surface area contributed by atoms with E-state index in [9.17, 15) is 0 Å². The first-order valence-electron chi connectivity index (χ1n) is 9.36. The summed E-state index contributed by atoms with van der Waals surface area (Å²) in [5.41, 5.74) is 1.51. The van der Waals surface area contributed by atoms with Crippen molar-refractivity contribution in [3.8, 4) is 0 Å². The van der Waals surface area contributed by atoms with Crippen molar-refractivity contribution in [1.29, 1.82) is 0 Å². The third-order valence-corrected chi connectivity index (χ3v) is 5.20. The van der Waals surface area contributed by atoms with Gasteiger partial charge in [-0.3, -0.25) is 9.89 Å². The molecule has 0 saturated carbocycles. The van der Waals surface area contributed by atoms with Crippen molar-refractivity contribution < 1.29 is 9.47 Å². The van der Waals surface area contributed by atoms with Gasteiger partial charge in [-0.25, -0.2) is 0 Å². The zero-order valence-corrected chi connectivity index (χ0v) is 17.7. The molecule has 3 aliphatic heterocycles. The van der Waals surface area contributed by atoms with Gasteiger partial charge in [0.15, 0.2) is 5.96 Å². The van der Waals surface area contributed by atoms with Crippen LogP contribution >= 0.6 is 24.0 Å². The monoisotopic (exact) mass is 464 g/mol. The molecule has 0 radical (unpaired) electrons. The molecule has 0 aromatic carbocycles. The second kappa shape index (κ2) is 11.4. The predicted molar refractivity (Wildman–Crippen MR) is 112 cm³/mol. The molecule has 6 nitrogen and oxygen atoms in total. The molecular formula is C18H33IN4O2. The molecule has 144 valence electrons. The summed E-state index contributed by atoms with van der Waals surface area (Å²) >= 11 is 0. The van der Waals surface area contributed by atoms with E-state index in [-0.39, 0.29) is 24.0 Å². The fourth-order valence-electron chi connectivity index (χ4n) is 3.78. The van der Waals surface area contributed by atoms with E-state index in [1.807, 2.05) is 7.05 Å². The Balaban J connectivity index is 0.00000225. The SMILES string of the molecule is CN=C(NCCC1=CCOCC1)N1CCC(CN2CCOCC2)C1.I. The van der Waals surface area contributed by atoms with Gasteiger partial charge in [0.25, 0.3) is 0 Å². The molecule has 2 fully saturated rings. The zero-order valence-electron chi connectivity index (χ0n) is 15.4. The first-order chi connectivity index (χ1) is 11.8. The van der Waals surface area contributed by atoms with Gasteiger partial charge >= 0.3 is 0 Å². The Bertz CT molecular complexity index is 452. The molecule has 0 aliphatic carbocycles. The second-order valence-electron chi connectivity index (χ2n) is 6.92. The van der Waals surface area contributed by atoms with Crippen molar-refractivity contribution in [3.05, 3.63) is 11.6 Å². The van der Waals surface area contributed by atoms with Gasteiger partial charge in [0.1, 0.15) is 0 Å². The van der Waals surface area contributed by atoms with Crippen molar-refractivity contribution >= 4 is 29.9 Å². The number of halogens is 1. The summed E-state index contributed by atoms with van der Waals surface area (Å²) < 4.78 is 10.8. The highest BCUT2D eigenvalue weighted by Gasteiger charge is 2.26. The average molecular weight is 464 g/mol. The number of hydrogen-bond donors (Lipinski definition) is 1. The van der Waals surface area contributed by atoms with Crippen LogP contribution in [0.25, 0.3) is 0 Å². The number of nitrogens with zero attached hydrogens (tertiary/aromatic N) is 3. The van der Waals surface area contributed by atoms with Crippen LogP contribution in [0, 0.1) is 5.92 Å². The lowest BCUT2D eigenvalue weighted by Gasteiger charge is -2.29. The Morgan fingerprint density at radius 1 is 1.24 bits per heavy atom. The van der Waals surface area contributed by atoms with E-state index in [2.05, 4.69) is 26.2 Å². The van der Waals surface area contributed by atoms with Gasteiger partial charge in [0.05, 0.1) is 26.4 Å². The maximum Gasteiger partial charge on any atom is 0.193 e. The maximum atomic E-state index is 5.44. The Morgan fingerprint density at radius 2 is 2.08 bits per heavy atom. The number of hydrogen-bond acceptors (Lipinski definition) is 4. The predicted octanol–water partition coefficient (Wildman–Crippen LogP) is 1.57. The Hall–Kier alpha value is -0.380. The standard InChI is InChI=1S/C18H32N4O2.HI/c1-19-18(20-6-2-16-4-10-23-11-5-16)22-7-3-17(15-22)14-21-8-12-24-13-9-21;/h4,17H,2-3,5-15H2,1H3,(H,19,20);1H. The minimum atomic E-state index is 0. The van der Waals surface area contributed by atoms with Crippen molar-refractivity contribution in [2.45, 2.75) is 19.3 Å². The summed E-state index contributed by atoms with van der Waals surface area (Å²) in [6, 6.07) is 0. The molecular weight excluding hydrogens is 431 g/mol. The molecule has 25 heavy (non-hydrogen) atoms. The van der Waals surface area contributed by atoms with Crippen molar-refractivity contribution in [2.75, 3.05) is 72.7 Å². The van der Waals surface area contributed by atoms with Crippen LogP contribution in [0.2, 0.25) is 0 Å². The van der Waals surface area contributed by atoms with Crippen LogP contribution in [0.15, 0.2) is 16.6 Å². The van der Waals surface area contributed by atoms with E-state index in [1.165, 1.54) is 18.5 Å². The average Bonchev–Trinajstić information content (AvgIpc) is 3.09. The molecule has 0 aromatic rings. The first kappa shape index (κ1) is 20.9. The van der Waals surface area contributed by atoms with E-state index in [0.29, 0.717) is 0 Å². The lowest BCUT2D eigenvalue weighted by atomic mass is 10.1. The summed E-state index contributed by atoms with van der Waals surface area (Å²) in [5.74, 6) is 1.81. The van der Waals surface area contributed by atoms with E-state index >= 15 is 0 Å². The van der Waals surface area contributed by atoms with Crippen LogP contribution in [0.4, 0.5) is 0 Å². The molecule has 1 atom stereocenters. The fraction of sp³-hybridized carbons (Fsp3) is 0.833. The topological polar surface area (TPSA) is 49.3 Å². The normalized spacial score (nSPS) is 25.5. The highest BCUT2D eigenvalue weighted by atomic mass is 127. The Morgan fingerprint density at radius 3 is 2.80 bits per heavy atom. The molecule has 1 N–H and O–H groups in total. The number of aliphatic imine (C=N–C) groups is 1. The van der Waals surface area contributed by atoms with Gasteiger partial charge < -0.3 is 19.7 Å². The highest BCUT2D eigenvalue weighted by molar-refractivity contribution is 14.0. The van der Waals surface area contributed by atoms with Crippen LogP contribution in [0.5, 0.6) is 0 Å². The van der Waals surface area contributed by atoms with E-state index in [0.717, 1.165) is 83.9 Å². The Labute approximate surface area is 169 Å². The van der Waals surface area contributed by atoms with Crippen LogP contribution < -0.4 is 5.32 Å². The highest BCUT2D eigenvalue weighted by Crippen LogP contribution is 2.18. The first-order valence-corrected chi connectivity index (χ1v) is 9.36. The number of ether oxygens (including phenoxy) is 2. The summed E-state index contributed by atoms with van der Waals surface area (Å²) in [5, 5.41) is 3.54. The number of morpholine rings is 1. The van der Waals surface area contributed by atoms with E-state index in [4.69, 9.17) is 9.47 Å². The number of guanidine groups is 1. The molecule has 0 bridgehead atoms. The van der Waals surface area contributed by atoms with Crippen LogP contribution in [0.1, 0.15) is 19.3 Å². The van der Waals surface area contributed by atoms with Crippen molar-refractivity contribution in [2.24, 2.45) is 10.9 Å². The van der Waals surface area contributed by atoms with E-state index < -0.39 is 0 Å². The zero-order chi connectivity index (χ0) is 16.6. The molecule has 3 heterocycles. The molecule has 3 aliphatic rings. The smallest absolute Gasteiger partial charge is 0.193 e. The van der Waals surface area contributed by atoms with Gasteiger partial charge in [-0.1, -0.05) is 11.6 Å². The minimum absolute atomic E-state index is 0. The lowest BCUT2D eigenvalue weighted by molar-refractivity contribution is 0.0315. The summed E-state index contributed by atoms with van der Waals surface area (Å²) in [7, 11) is 1.89. The number of nitrogens with one attached hydrogen (secondary N) is 1. The Kier molecular flexibility index (Phi) is 9.51. The molecule has 1 unspecified atom stereocenters. The lowest BCUT2D eigenvalue weighted by Crippen LogP contribution is -2.42. The van der Waals surface area contributed by atoms with Crippen LogP contribution in [0.3, 0.4) is 0 Å². The minimum Gasteiger partial charge on any atom is -0.379 e. The van der Waals surface area contributed by atoms with Gasteiger partial charge in [-0.05, 0) is 25.2 Å². The number of likely N-dealkylation sites (tertiary alicyclic amines) is 1. The molecule has 2 saturated heterocycles. The molecule has 0 spiro atoms. The fourth-order valence-corrected chi connectivity index (χ4v) is 3.78. The van der Waals surface area contributed by atoms with Crippen LogP contribution in [-0.4, -0.2) is 88.5 Å². The molecule has 0 aromatic heterocycles. The summed E-state index contributed by atoms with van der Waals surface area (Å²) in [6.07, 6.45) is 5.65. The van der Waals surface area contributed by atoms with Gasteiger partial charge in [-0.15, -0.1) is 24.0 Å². The van der Waals surface area contributed by atoms with Crippen molar-refractivity contribution in [1.82, 2.24) is 15.1 Å². The van der Waals surface area contributed by atoms with Gasteiger partial charge in [-0.2, -0.15) is 0 Å². The van der Waals surface area contributed by atoms with Gasteiger partial charge in [0, 0.05) is 46.3 Å². The molecule has 0 amide bonds. The third kappa shape index (κ3) is 6.69. The largest absolute Gasteiger partial charge is 0.379 e. The molecule has 7 heteroatoms. The molecule has 3 rings (SSSR count). The van der Waals surface area contributed by atoms with Gasteiger partial charge in [0.2, 0.25) is 0 Å².